The van der Waals surface area contributed by atoms with Crippen molar-refractivity contribution in [2.45, 2.75) is 50.9 Å². The third-order valence-corrected chi connectivity index (χ3v) is 3.87. The van der Waals surface area contributed by atoms with Gasteiger partial charge in [0.05, 0.1) is 0 Å². The van der Waals surface area contributed by atoms with Crippen LogP contribution in [0.2, 0.25) is 0 Å². The van der Waals surface area contributed by atoms with Crippen LogP contribution in [0.25, 0.3) is 0 Å². The molecule has 0 aromatic carbocycles. The van der Waals surface area contributed by atoms with Crippen LogP contribution in [0.3, 0.4) is 0 Å². The average molecular weight is 271 g/mol. The van der Waals surface area contributed by atoms with Gasteiger partial charge in [0.25, 0.3) is 11.7 Å². The van der Waals surface area contributed by atoms with Gasteiger partial charge in [-0.25, -0.2) is 17.6 Å². The number of nitrogens with zero attached hydrogens (tertiary/aromatic N) is 1. The first-order chi connectivity index (χ1) is 7.62. The van der Waals surface area contributed by atoms with E-state index in [4.69, 9.17) is 0 Å². The van der Waals surface area contributed by atoms with Gasteiger partial charge in [0, 0.05) is 18.2 Å². The van der Waals surface area contributed by atoms with Crippen LogP contribution < -0.4 is 0 Å². The van der Waals surface area contributed by atoms with Crippen LogP contribution in [-0.4, -0.2) is 42.7 Å². The van der Waals surface area contributed by atoms with Crippen molar-refractivity contribution in [2.75, 3.05) is 12.8 Å². The van der Waals surface area contributed by atoms with Crippen LogP contribution in [0.5, 0.6) is 0 Å². The van der Waals surface area contributed by atoms with E-state index < -0.39 is 18.2 Å². The van der Waals surface area contributed by atoms with Crippen LogP contribution in [0.15, 0.2) is 0 Å². The lowest BCUT2D eigenvalue weighted by Crippen LogP contribution is -2.40. The number of alkyl halides is 4. The van der Waals surface area contributed by atoms with E-state index in [2.05, 4.69) is 7.85 Å². The summed E-state index contributed by atoms with van der Waals surface area (Å²) in [6.45, 7) is 4.03. The van der Waals surface area contributed by atoms with Crippen molar-refractivity contribution in [3.05, 3.63) is 0 Å². The first-order valence-corrected chi connectivity index (χ1v) is 6.46. The Labute approximate surface area is 106 Å². The topological polar surface area (TPSA) is 3.24 Å². The third-order valence-electron chi connectivity index (χ3n) is 2.63. The molecule has 0 rings (SSSR count). The van der Waals surface area contributed by atoms with Crippen LogP contribution in [0.1, 0.15) is 33.1 Å². The predicted molar refractivity (Wildman–Crippen MR) is 64.9 cm³/mol. The smallest absolute Gasteiger partial charge is 0.251 e. The van der Waals surface area contributed by atoms with Crippen molar-refractivity contribution in [3.8, 4) is 0 Å². The molecule has 0 N–H and O–H groups in total. The molecule has 7 heteroatoms. The Morgan fingerprint density at radius 2 is 1.82 bits per heavy atom. The van der Waals surface area contributed by atoms with Crippen LogP contribution in [0.4, 0.5) is 17.6 Å². The molecule has 0 aliphatic rings. The first-order valence-electron chi connectivity index (χ1n) is 5.52. The highest BCUT2D eigenvalue weighted by Crippen LogP contribution is 2.35. The molecule has 1 atom stereocenters. The molecule has 0 fully saturated rings. The van der Waals surface area contributed by atoms with E-state index in [9.17, 15) is 17.6 Å². The standard InChI is InChI=1S/C10H18BF4NS/c1-4-8(2)16(3)17-7-5-6-9(12,13)10(11,14)15/h8H,4-7H2,1-3H3. The summed E-state index contributed by atoms with van der Waals surface area (Å²) in [5, 5.41) is 0. The quantitative estimate of drug-likeness (QED) is 0.287. The van der Waals surface area contributed by atoms with Crippen molar-refractivity contribution < 1.29 is 17.6 Å². The van der Waals surface area contributed by atoms with Crippen LogP contribution in [-0.2, 0) is 0 Å². The Bertz CT molecular complexity index is 223. The zero-order valence-corrected chi connectivity index (χ0v) is 11.2. The molecule has 0 saturated carbocycles. The zero-order chi connectivity index (χ0) is 13.7. The van der Waals surface area contributed by atoms with E-state index in [1.54, 1.807) is 0 Å². The molecule has 0 spiro atoms. The number of halogens is 4. The van der Waals surface area contributed by atoms with E-state index in [-0.39, 0.29) is 6.42 Å². The fourth-order valence-electron chi connectivity index (χ4n) is 1.05. The Hall–Kier alpha value is 0.0949. The molecule has 0 aliphatic carbocycles. The normalized spacial score (nSPS) is 15.3. The number of rotatable bonds is 8. The van der Waals surface area contributed by atoms with Gasteiger partial charge in [-0.3, -0.25) is 4.31 Å². The second-order valence-corrected chi connectivity index (χ2v) is 5.31. The summed E-state index contributed by atoms with van der Waals surface area (Å²) < 4.78 is 52.1. The van der Waals surface area contributed by atoms with Gasteiger partial charge in [-0.2, -0.15) is 0 Å². The Morgan fingerprint density at radius 1 is 1.29 bits per heavy atom. The SMILES string of the molecule is [B]C(F)(F)C(F)(F)CCCSN(C)C(C)CC. The van der Waals surface area contributed by atoms with Crippen molar-refractivity contribution in [3.63, 3.8) is 0 Å². The molecule has 100 valence electrons. The highest BCUT2D eigenvalue weighted by atomic mass is 32.2. The van der Waals surface area contributed by atoms with Crippen LogP contribution >= 0.6 is 11.9 Å². The molecule has 0 aromatic rings. The van der Waals surface area contributed by atoms with Gasteiger partial charge in [-0.1, -0.05) is 18.9 Å². The molecule has 0 saturated heterocycles. The summed E-state index contributed by atoms with van der Waals surface area (Å²) in [5.74, 6) is -8.17. The van der Waals surface area contributed by atoms with E-state index in [0.717, 1.165) is 6.42 Å². The first kappa shape index (κ1) is 17.1. The van der Waals surface area contributed by atoms with Crippen molar-refractivity contribution in [2.24, 2.45) is 0 Å². The van der Waals surface area contributed by atoms with Gasteiger partial charge in [-0.15, -0.1) is 0 Å². The maximum atomic E-state index is 12.8. The second kappa shape index (κ2) is 6.88. The minimum absolute atomic E-state index is 0.00519. The van der Waals surface area contributed by atoms with Crippen molar-refractivity contribution in [1.29, 1.82) is 0 Å². The minimum Gasteiger partial charge on any atom is -0.251 e. The Morgan fingerprint density at radius 3 is 2.24 bits per heavy atom. The summed E-state index contributed by atoms with van der Waals surface area (Å²) >= 11 is 1.37. The molecule has 0 aliphatic heterocycles. The van der Waals surface area contributed by atoms with E-state index in [1.807, 2.05) is 25.2 Å². The summed E-state index contributed by atoms with van der Waals surface area (Å²) in [6, 6.07) is 0.330. The molecule has 1 nitrogen and oxygen atoms in total. The zero-order valence-electron chi connectivity index (χ0n) is 10.4. The average Bonchev–Trinajstić information content (AvgIpc) is 2.21. The molecule has 0 heterocycles. The van der Waals surface area contributed by atoms with Gasteiger partial charge in [0.1, 0.15) is 0 Å². The molecule has 0 bridgehead atoms. The van der Waals surface area contributed by atoms with E-state index in [0.29, 0.717) is 11.8 Å². The molecular weight excluding hydrogens is 253 g/mol. The third kappa shape index (κ3) is 5.99. The largest absolute Gasteiger partial charge is 0.300 e. The lowest BCUT2D eigenvalue weighted by atomic mass is 9.89. The van der Waals surface area contributed by atoms with Gasteiger partial charge in [-0.05, 0) is 26.8 Å². The summed E-state index contributed by atoms with van der Waals surface area (Å²) in [5.41, 5.74) is 0. The molecule has 1 unspecified atom stereocenters. The monoisotopic (exact) mass is 271 g/mol. The van der Waals surface area contributed by atoms with Crippen molar-refractivity contribution >= 4 is 19.8 Å². The molecular formula is C10H18BF4NS. The minimum atomic E-state index is -4.43. The van der Waals surface area contributed by atoms with Gasteiger partial charge in [0.15, 0.2) is 7.85 Å². The van der Waals surface area contributed by atoms with Gasteiger partial charge >= 0.3 is 0 Å². The van der Waals surface area contributed by atoms with E-state index >= 15 is 0 Å². The molecule has 0 amide bonds. The predicted octanol–water partition coefficient (Wildman–Crippen LogP) is 3.54. The fourth-order valence-corrected chi connectivity index (χ4v) is 2.02. The maximum absolute atomic E-state index is 12.8. The summed E-state index contributed by atoms with van der Waals surface area (Å²) in [7, 11) is 5.98. The van der Waals surface area contributed by atoms with Crippen LogP contribution in [0, 0.1) is 0 Å². The Kier molecular flexibility index (Phi) is 6.91. The van der Waals surface area contributed by atoms with Gasteiger partial charge in [0.2, 0.25) is 0 Å². The lowest BCUT2D eigenvalue weighted by molar-refractivity contribution is -0.161. The molecule has 2 radical (unpaired) electrons. The molecule has 0 aromatic heterocycles. The maximum Gasteiger partial charge on any atom is 0.300 e. The highest BCUT2D eigenvalue weighted by Gasteiger charge is 2.50. The number of hydrogen-bond donors (Lipinski definition) is 0. The number of hydrogen-bond acceptors (Lipinski definition) is 2. The van der Waals surface area contributed by atoms with E-state index in [1.165, 1.54) is 11.9 Å². The molecule has 17 heavy (non-hydrogen) atoms. The second-order valence-electron chi connectivity index (χ2n) is 4.07. The Balaban J connectivity index is 3.86. The van der Waals surface area contributed by atoms with Crippen molar-refractivity contribution in [1.82, 2.24) is 4.31 Å². The fraction of sp³-hybridized carbons (Fsp3) is 1.00. The highest BCUT2D eigenvalue weighted by molar-refractivity contribution is 7.97. The van der Waals surface area contributed by atoms with Gasteiger partial charge < -0.3 is 0 Å². The lowest BCUT2D eigenvalue weighted by Gasteiger charge is -2.25. The summed E-state index contributed by atoms with van der Waals surface area (Å²) in [4.78, 5) is 0. The summed E-state index contributed by atoms with van der Waals surface area (Å²) in [6.07, 6.45) is 0.0591.